The minimum absolute atomic E-state index is 0.197. The number of hydrogen-bond donors (Lipinski definition) is 0. The van der Waals surface area contributed by atoms with Crippen molar-refractivity contribution in [2.75, 3.05) is 43.4 Å². The lowest BCUT2D eigenvalue weighted by atomic mass is 9.95. The molecular formula is C25H31F4N7S. The van der Waals surface area contributed by atoms with E-state index in [-0.39, 0.29) is 11.6 Å². The fourth-order valence-electron chi connectivity index (χ4n) is 4.02. The van der Waals surface area contributed by atoms with Crippen LogP contribution in [0.3, 0.4) is 0 Å². The first-order valence-electron chi connectivity index (χ1n) is 12.1. The van der Waals surface area contributed by atoms with Gasteiger partial charge in [-0.2, -0.15) is 13.2 Å². The predicted molar refractivity (Wildman–Crippen MR) is 136 cm³/mol. The van der Waals surface area contributed by atoms with Gasteiger partial charge in [-0.15, -0.1) is 10.2 Å². The minimum atomic E-state index is -4.51. The molecule has 12 heteroatoms. The Kier molecular flexibility index (Phi) is 8.08. The van der Waals surface area contributed by atoms with E-state index in [4.69, 9.17) is 0 Å². The van der Waals surface area contributed by atoms with Crippen LogP contribution in [0.1, 0.15) is 38.7 Å². The maximum Gasteiger partial charge on any atom is 0.433 e. The topological polar surface area (TPSA) is 63.0 Å². The molecule has 2 aromatic heterocycles. The minimum Gasteiger partial charge on any atom is -0.354 e. The maximum atomic E-state index is 13.4. The lowest BCUT2D eigenvalue weighted by Crippen LogP contribution is -2.47. The number of rotatable bonds is 7. The van der Waals surface area contributed by atoms with Gasteiger partial charge in [0, 0.05) is 56.0 Å². The van der Waals surface area contributed by atoms with Crippen molar-refractivity contribution in [3.05, 3.63) is 47.7 Å². The molecule has 3 heterocycles. The van der Waals surface area contributed by atoms with Gasteiger partial charge in [-0.05, 0) is 37.2 Å². The van der Waals surface area contributed by atoms with E-state index in [0.717, 1.165) is 48.6 Å². The average Bonchev–Trinajstić information content (AvgIpc) is 3.21. The molecule has 0 aliphatic carbocycles. The van der Waals surface area contributed by atoms with E-state index in [2.05, 4.69) is 25.1 Å². The fourth-order valence-corrected chi connectivity index (χ4v) is 4.85. The highest BCUT2D eigenvalue weighted by molar-refractivity contribution is 7.99. The van der Waals surface area contributed by atoms with Crippen molar-refractivity contribution < 1.29 is 17.6 Å². The van der Waals surface area contributed by atoms with E-state index in [1.807, 2.05) is 37.3 Å². The van der Waals surface area contributed by atoms with Crippen molar-refractivity contribution in [2.24, 2.45) is 7.05 Å². The quantitative estimate of drug-likeness (QED) is 0.238. The second-order valence-electron chi connectivity index (χ2n) is 10.1. The average molecular weight is 538 g/mol. The summed E-state index contributed by atoms with van der Waals surface area (Å²) in [7, 11) is 1.89. The Hall–Kier alpha value is -2.73. The second-order valence-corrected chi connectivity index (χ2v) is 11.1. The number of nitrogens with zero attached hydrogens (tertiary/aromatic N) is 7. The molecule has 0 atom stereocenters. The van der Waals surface area contributed by atoms with Crippen LogP contribution in [0.5, 0.6) is 0 Å². The maximum absolute atomic E-state index is 13.4. The van der Waals surface area contributed by atoms with Gasteiger partial charge in [-0.25, -0.2) is 14.4 Å². The number of alkyl halides is 3. The summed E-state index contributed by atoms with van der Waals surface area (Å²) >= 11 is 1.61. The molecule has 200 valence electrons. The van der Waals surface area contributed by atoms with Crippen molar-refractivity contribution in [2.45, 2.75) is 43.9 Å². The van der Waals surface area contributed by atoms with Crippen LogP contribution in [-0.2, 0) is 18.6 Å². The van der Waals surface area contributed by atoms with Crippen molar-refractivity contribution in [3.8, 4) is 11.4 Å². The molecule has 0 N–H and O–H groups in total. The van der Waals surface area contributed by atoms with Gasteiger partial charge in [0.15, 0.2) is 11.0 Å². The Bertz CT molecular complexity index is 1160. The summed E-state index contributed by atoms with van der Waals surface area (Å²) in [5.41, 5.74) is -0.673. The van der Waals surface area contributed by atoms with Gasteiger partial charge in [0.05, 0.1) is 0 Å². The highest BCUT2D eigenvalue weighted by Crippen LogP contribution is 2.32. The molecule has 0 bridgehead atoms. The summed E-state index contributed by atoms with van der Waals surface area (Å²) in [6.45, 7) is 9.03. The summed E-state index contributed by atoms with van der Waals surface area (Å²) < 4.78 is 55.4. The molecule has 1 aliphatic heterocycles. The molecule has 0 radical (unpaired) electrons. The molecular weight excluding hydrogens is 506 g/mol. The number of aromatic nitrogens is 5. The van der Waals surface area contributed by atoms with Crippen LogP contribution in [-0.4, -0.2) is 68.1 Å². The standard InChI is InChI=1S/C25H31F4N7S/c1-24(2,3)22-30-19(25(27,28)29)16-20(31-22)36-13-11-35(12-14-36)10-5-15-37-23-33-32-21(34(23)4)17-6-8-18(26)9-7-17/h6-9,16H,5,10-15H2,1-4H3. The van der Waals surface area contributed by atoms with Gasteiger partial charge >= 0.3 is 6.18 Å². The predicted octanol–water partition coefficient (Wildman–Crippen LogP) is 5.03. The van der Waals surface area contributed by atoms with Crippen LogP contribution < -0.4 is 4.90 Å². The third-order valence-electron chi connectivity index (χ3n) is 6.16. The number of benzene rings is 1. The summed E-state index contributed by atoms with van der Waals surface area (Å²) in [5.74, 6) is 1.78. The van der Waals surface area contributed by atoms with Crippen LogP contribution >= 0.6 is 11.8 Å². The van der Waals surface area contributed by atoms with Gasteiger partial charge in [0.1, 0.15) is 23.2 Å². The van der Waals surface area contributed by atoms with Gasteiger partial charge < -0.3 is 9.47 Å². The first kappa shape index (κ1) is 27.3. The van der Waals surface area contributed by atoms with Crippen LogP contribution in [0.2, 0.25) is 0 Å². The van der Waals surface area contributed by atoms with Gasteiger partial charge in [-0.3, -0.25) is 4.90 Å². The molecule has 1 aliphatic rings. The van der Waals surface area contributed by atoms with Crippen molar-refractivity contribution in [3.63, 3.8) is 0 Å². The molecule has 0 saturated carbocycles. The molecule has 7 nitrogen and oxygen atoms in total. The first-order valence-corrected chi connectivity index (χ1v) is 13.1. The molecule has 37 heavy (non-hydrogen) atoms. The summed E-state index contributed by atoms with van der Waals surface area (Å²) in [4.78, 5) is 12.5. The zero-order valence-electron chi connectivity index (χ0n) is 21.4. The SMILES string of the molecule is Cn1c(SCCCN2CCN(c3cc(C(F)(F)F)nc(C(C)(C)C)n3)CC2)nnc1-c1ccc(F)cc1. The molecule has 4 rings (SSSR count). The van der Waals surface area contributed by atoms with Gasteiger partial charge in [0.25, 0.3) is 0 Å². The fraction of sp³-hybridized carbons (Fsp3) is 0.520. The number of piperazine rings is 1. The summed E-state index contributed by atoms with van der Waals surface area (Å²) in [5, 5.41) is 9.29. The zero-order valence-corrected chi connectivity index (χ0v) is 22.2. The van der Waals surface area contributed by atoms with Crippen LogP contribution in [0.4, 0.5) is 23.4 Å². The van der Waals surface area contributed by atoms with Gasteiger partial charge in [-0.1, -0.05) is 32.5 Å². The molecule has 1 aromatic carbocycles. The Morgan fingerprint density at radius 3 is 2.24 bits per heavy atom. The van der Waals surface area contributed by atoms with Crippen LogP contribution in [0, 0.1) is 5.82 Å². The van der Waals surface area contributed by atoms with Crippen LogP contribution in [0.25, 0.3) is 11.4 Å². The summed E-state index contributed by atoms with van der Waals surface area (Å²) in [6, 6.07) is 7.23. The van der Waals surface area contributed by atoms with E-state index in [1.54, 1.807) is 23.9 Å². The monoisotopic (exact) mass is 537 g/mol. The van der Waals surface area contributed by atoms with Crippen LogP contribution in [0.15, 0.2) is 35.5 Å². The lowest BCUT2D eigenvalue weighted by Gasteiger charge is -2.36. The lowest BCUT2D eigenvalue weighted by molar-refractivity contribution is -0.141. The molecule has 0 unspecified atom stereocenters. The van der Waals surface area contributed by atoms with E-state index in [9.17, 15) is 17.6 Å². The zero-order chi connectivity index (χ0) is 26.8. The largest absolute Gasteiger partial charge is 0.433 e. The van der Waals surface area contributed by atoms with E-state index in [1.165, 1.54) is 12.1 Å². The molecule has 3 aromatic rings. The normalized spacial score (nSPS) is 15.4. The van der Waals surface area contributed by atoms with Crippen molar-refractivity contribution in [1.29, 1.82) is 0 Å². The smallest absolute Gasteiger partial charge is 0.354 e. The van der Waals surface area contributed by atoms with E-state index >= 15 is 0 Å². The Labute approximate surface area is 218 Å². The molecule has 0 spiro atoms. The number of halogens is 4. The van der Waals surface area contributed by atoms with Crippen molar-refractivity contribution >= 4 is 17.6 Å². The Morgan fingerprint density at radius 1 is 0.946 bits per heavy atom. The van der Waals surface area contributed by atoms with E-state index < -0.39 is 17.3 Å². The number of thioether (sulfide) groups is 1. The highest BCUT2D eigenvalue weighted by atomic mass is 32.2. The Balaban J connectivity index is 1.28. The number of anilines is 1. The first-order chi connectivity index (χ1) is 17.4. The Morgan fingerprint density at radius 2 is 1.62 bits per heavy atom. The van der Waals surface area contributed by atoms with E-state index in [0.29, 0.717) is 24.7 Å². The second kappa shape index (κ2) is 10.9. The number of hydrogen-bond acceptors (Lipinski definition) is 7. The summed E-state index contributed by atoms with van der Waals surface area (Å²) in [6.07, 6.45) is -3.58. The molecule has 1 fully saturated rings. The highest BCUT2D eigenvalue weighted by Gasteiger charge is 2.36. The molecule has 1 saturated heterocycles. The third kappa shape index (κ3) is 6.78. The molecule has 0 amide bonds. The third-order valence-corrected chi connectivity index (χ3v) is 7.26. The van der Waals surface area contributed by atoms with Gasteiger partial charge in [0.2, 0.25) is 0 Å². The van der Waals surface area contributed by atoms with Crippen molar-refractivity contribution in [1.82, 2.24) is 29.6 Å².